The summed E-state index contributed by atoms with van der Waals surface area (Å²) in [5.41, 5.74) is 20.1. The van der Waals surface area contributed by atoms with Gasteiger partial charge in [-0.2, -0.15) is 0 Å². The van der Waals surface area contributed by atoms with Gasteiger partial charge in [0.15, 0.2) is 5.96 Å². The van der Waals surface area contributed by atoms with Crippen molar-refractivity contribution in [2.75, 3.05) is 72.0 Å². The number of ketones is 1. The minimum Gasteiger partial charge on any atom is -0.394 e. The number of benzene rings is 3. The number of aromatic amines is 2. The van der Waals surface area contributed by atoms with E-state index in [9.17, 15) is 58.2 Å². The van der Waals surface area contributed by atoms with Gasteiger partial charge in [0, 0.05) is 123 Å². The lowest BCUT2D eigenvalue weighted by atomic mass is 10.00. The highest BCUT2D eigenvalue weighted by molar-refractivity contribution is 8.00. The Hall–Kier alpha value is -12.0. The zero-order valence-electron chi connectivity index (χ0n) is 76.2. The van der Waals surface area contributed by atoms with Crippen molar-refractivity contribution < 1.29 is 91.7 Å². The van der Waals surface area contributed by atoms with Crippen LogP contribution in [0, 0.1) is 11.3 Å². The van der Waals surface area contributed by atoms with E-state index < -0.39 is 248 Å². The van der Waals surface area contributed by atoms with Crippen LogP contribution in [0.1, 0.15) is 142 Å². The monoisotopic (exact) mass is 1910 g/mol. The molecule has 8 rings (SSSR count). The third kappa shape index (κ3) is 29.8. The number of hydrogen-bond donors (Lipinski definition) is 19. The predicted molar refractivity (Wildman–Crippen MR) is 496 cm³/mol. The number of nitrogens with two attached hydrogens (primary N) is 3. The molecule has 0 unspecified atom stereocenters. The van der Waals surface area contributed by atoms with Crippen molar-refractivity contribution in [1.82, 2.24) is 93.0 Å². The van der Waals surface area contributed by atoms with Crippen molar-refractivity contribution in [2.24, 2.45) is 23.1 Å². The van der Waals surface area contributed by atoms with Gasteiger partial charge >= 0.3 is 0 Å². The summed E-state index contributed by atoms with van der Waals surface area (Å²) in [7, 11) is 3.91. The number of rotatable bonds is 25. The number of para-hydroxylation sites is 2. The van der Waals surface area contributed by atoms with Crippen LogP contribution in [-0.2, 0) is 101 Å². The number of nitrogens with one attached hydrogen (secondary N) is 14. The second kappa shape index (κ2) is 50.7. The van der Waals surface area contributed by atoms with Crippen LogP contribution in [0.4, 0.5) is 0 Å². The Morgan fingerprint density at radius 2 is 1.10 bits per heavy atom. The molecule has 15 atom stereocenters. The van der Waals surface area contributed by atoms with Crippen molar-refractivity contribution in [1.29, 1.82) is 5.41 Å². The molecule has 3 saturated heterocycles. The van der Waals surface area contributed by atoms with E-state index in [1.165, 1.54) is 53.2 Å². The number of H-pyrrole nitrogens is 2. The normalized spacial score (nSPS) is 25.0. The first kappa shape index (κ1) is 106. The van der Waals surface area contributed by atoms with Gasteiger partial charge in [0.05, 0.1) is 31.4 Å². The summed E-state index contributed by atoms with van der Waals surface area (Å²) in [6.45, 7) is 6.83. The Morgan fingerprint density at radius 1 is 0.571 bits per heavy atom. The maximum atomic E-state index is 15.7. The number of nitrogens with zero attached hydrogens (tertiary/aromatic N) is 5. The summed E-state index contributed by atoms with van der Waals surface area (Å²) in [6.07, 6.45) is 1.30. The number of Topliss-reactive ketones (excluding diaryl/α,β-unsaturated/α-hetero) is 1. The predicted octanol–water partition coefficient (Wildman–Crippen LogP) is -1.23. The molecule has 5 heterocycles. The Balaban J connectivity index is 1.19. The third-order valence-corrected chi connectivity index (χ3v) is 25.3. The molecule has 0 radical (unpaired) electrons. The van der Waals surface area contributed by atoms with Gasteiger partial charge in [-0.3, -0.25) is 86.9 Å². The number of aromatic nitrogens is 2. The lowest BCUT2D eigenvalue weighted by Crippen LogP contribution is -2.62. The zero-order valence-corrected chi connectivity index (χ0v) is 78.5. The van der Waals surface area contributed by atoms with Crippen LogP contribution in [0.15, 0.2) is 79.1 Å². The number of unbranched alkanes of at least 4 members (excludes halogenated alkanes) is 2. The quantitative estimate of drug-likeness (QED) is 0.0185. The summed E-state index contributed by atoms with van der Waals surface area (Å²) < 4.78 is 0. The van der Waals surface area contributed by atoms with Crippen molar-refractivity contribution in [2.45, 2.75) is 235 Å². The van der Waals surface area contributed by atoms with Crippen LogP contribution in [0.25, 0.3) is 21.8 Å². The van der Waals surface area contributed by atoms with Crippen LogP contribution < -0.4 is 75.7 Å². The summed E-state index contributed by atoms with van der Waals surface area (Å²) in [4.78, 5) is 261. The molecule has 3 fully saturated rings. The molecule has 2 aromatic heterocycles. The lowest BCUT2D eigenvalue weighted by Gasteiger charge is -2.36. The highest BCUT2D eigenvalue weighted by atomic mass is 35.5. The van der Waals surface area contributed by atoms with E-state index in [2.05, 4.69) is 68.5 Å². The highest BCUT2D eigenvalue weighted by Gasteiger charge is 2.47. The van der Waals surface area contributed by atoms with Crippen LogP contribution in [0.3, 0.4) is 0 Å². The Morgan fingerprint density at radius 3 is 1.70 bits per heavy atom. The number of aliphatic hydroxyl groups is 2. The standard InChI is InChI=1S/C89H126Cl2N22O19S/c1-10-12-25-69-81(125)101-60(24-18-30-96-89(94)95)77(121)108-68(76(120)99-40-48(5)115)45-133-46-74(118)100-63(33-50-28-29-53(90)36-57(50)91)84(128)109(7)49(6)75(119)103-65(38-73(93)117)86(130)112-31-19-27-70(112)82(126)106-66(39-92)79(123)104-62(32-47(3)4)87(131)113-43-54(116)37-72(113)83(127)102-61(34-51-41-97-58-22-16-14-20-55(51)58)78(122)107-67(44-114)80(124)105-64(35-52-42-98-59-23-17-15-21-56(52)59)85(129)111(9)71(26-13-11-2)88(132)110(69)8/h14-17,20-23,28-29,36,41-42,47,49,54,60-72,97-98,114,116H,10-13,18-19,24-27,30-35,37-40,43-46,92H2,1-9H3,(H2,93,117)(H,99,120)(H,100,118)(H,101,125)(H,102,127)(H,103,119)(H,104,123)(H,105,124)(H,106,126)(H,107,122)(H,108,121)(H4,94,95,96)/t49-,54+,60-,61-,62-,63-,64-,65-,66-,67-,68-,69-,70-,71-,72-/m0/s1. The number of aliphatic hydroxyl groups excluding tert-OH is 2. The van der Waals surface area contributed by atoms with Gasteiger partial charge in [-0.05, 0) is 106 Å². The Kier molecular flexibility index (Phi) is 40.6. The molecule has 0 aliphatic carbocycles. The van der Waals surface area contributed by atoms with E-state index in [0.717, 1.165) is 36.3 Å². The van der Waals surface area contributed by atoms with Crippen LogP contribution in [0.5, 0.6) is 0 Å². The molecule has 0 spiro atoms. The molecule has 0 bridgehead atoms. The molecular weight excluding hydrogens is 1780 g/mol. The second-order valence-corrected chi connectivity index (χ2v) is 36.1. The van der Waals surface area contributed by atoms with E-state index in [-0.39, 0.29) is 98.8 Å². The van der Waals surface area contributed by atoms with Crippen molar-refractivity contribution in [3.05, 3.63) is 106 Å². The molecule has 0 saturated carbocycles. The number of halogens is 2. The van der Waals surface area contributed by atoms with Gasteiger partial charge in [0.25, 0.3) is 0 Å². The average molecular weight is 1910 g/mol. The number of carbonyl (C=O) groups is 17. The largest absolute Gasteiger partial charge is 0.394 e. The summed E-state index contributed by atoms with van der Waals surface area (Å²) in [5.74, 6) is -17.3. The lowest BCUT2D eigenvalue weighted by molar-refractivity contribution is -0.149. The molecule has 22 N–H and O–H groups in total. The molecule has 133 heavy (non-hydrogen) atoms. The minimum atomic E-state index is -1.89. The molecule has 5 aromatic rings. The maximum absolute atomic E-state index is 15.7. The smallest absolute Gasteiger partial charge is 0.246 e. The number of thioether (sulfide) groups is 1. The van der Waals surface area contributed by atoms with Crippen LogP contribution in [-0.4, -0.2) is 314 Å². The molecular formula is C89H126Cl2N22O19S. The maximum Gasteiger partial charge on any atom is 0.246 e. The van der Waals surface area contributed by atoms with Crippen LogP contribution in [0.2, 0.25) is 10.0 Å². The summed E-state index contributed by atoms with van der Waals surface area (Å²) >= 11 is 13.7. The Labute approximate surface area is 784 Å². The molecule has 3 aliphatic heterocycles. The fraction of sp³-hybridized carbons (Fsp3) is 0.551. The van der Waals surface area contributed by atoms with Crippen LogP contribution >= 0.6 is 35.0 Å². The molecule has 41 nitrogen and oxygen atoms in total. The molecule has 3 aliphatic rings. The van der Waals surface area contributed by atoms with Gasteiger partial charge in [-0.25, -0.2) is 0 Å². The third-order valence-electron chi connectivity index (χ3n) is 23.7. The topological polar surface area (TPSA) is 613 Å². The van der Waals surface area contributed by atoms with Crippen molar-refractivity contribution in [3.8, 4) is 0 Å². The first-order valence-electron chi connectivity index (χ1n) is 44.6. The number of fused-ring (bicyclic) bond motifs is 4. The SMILES string of the molecule is CCCC[C@H]1C(=O)N(C)[C@@H](CCCC)C(=O)N[C@@H](CCCNC(=N)N)C(=O)N[C@H](C(=O)NCC(C)=O)CSCC(=O)N[C@@H](Cc2ccc(Cl)cc2Cl)C(=O)N(C)[C@@H](C)C(=O)N[C@@H](CC(N)=O)C(=O)N2CCC[C@H]2C(=O)N[C@@H](CN)C(=O)N[C@@H](CC(C)C)C(=O)N2C[C@H](O)C[C@H]2C(=O)N[C@@H](Cc2c[nH]c3ccccc23)C(=O)N[C@@H](CO)C(=O)N[C@@H](Cc2c[nH]c3ccccc23)C(=O)N1C. The fourth-order valence-electron chi connectivity index (χ4n) is 16.3. The number of primary amides is 1. The second-order valence-electron chi connectivity index (χ2n) is 34.2. The van der Waals surface area contributed by atoms with E-state index in [1.54, 1.807) is 74.8 Å². The average Bonchev–Trinajstić information content (AvgIpc) is 1.74. The van der Waals surface area contributed by atoms with E-state index in [0.29, 0.717) is 58.6 Å². The number of likely N-dealkylation sites (N-methyl/N-ethyl adjacent to an activating group) is 3. The molecule has 16 amide bonds. The number of guanidine groups is 1. The molecule has 726 valence electrons. The van der Waals surface area contributed by atoms with Gasteiger partial charge in [0.2, 0.25) is 94.5 Å². The number of amides is 16. The molecule has 44 heteroatoms. The minimum absolute atomic E-state index is 0.00321. The van der Waals surface area contributed by atoms with Gasteiger partial charge < -0.3 is 120 Å². The van der Waals surface area contributed by atoms with Crippen molar-refractivity contribution in [3.63, 3.8) is 0 Å². The fourth-order valence-corrected chi connectivity index (χ4v) is 17.6. The van der Waals surface area contributed by atoms with Gasteiger partial charge in [-0.15, -0.1) is 11.8 Å². The Bertz CT molecular complexity index is 5040. The summed E-state index contributed by atoms with van der Waals surface area (Å²) in [6, 6.07) is -3.44. The van der Waals surface area contributed by atoms with Gasteiger partial charge in [-0.1, -0.05) is 119 Å². The van der Waals surface area contributed by atoms with Gasteiger partial charge in [0.1, 0.15) is 90.4 Å². The summed E-state index contributed by atoms with van der Waals surface area (Å²) in [5, 5.41) is 60.9. The van der Waals surface area contributed by atoms with E-state index in [4.69, 9.17) is 45.8 Å². The number of hydrogen-bond acceptors (Lipinski definition) is 22. The highest BCUT2D eigenvalue weighted by Crippen LogP contribution is 2.29. The first-order chi connectivity index (χ1) is 63.2. The molecule has 3 aromatic carbocycles. The first-order valence-corrected chi connectivity index (χ1v) is 46.5. The zero-order chi connectivity index (χ0) is 97.8. The van der Waals surface area contributed by atoms with Crippen molar-refractivity contribution >= 4 is 163 Å². The number of carbonyl (C=O) groups excluding carboxylic acids is 17. The van der Waals surface area contributed by atoms with E-state index >= 15 is 33.6 Å². The van der Waals surface area contributed by atoms with E-state index in [1.807, 2.05) is 13.8 Å².